The molecular formula is C18H25ClF4N2. The first-order valence-corrected chi connectivity index (χ1v) is 8.36. The molecule has 0 aliphatic carbocycles. The average Bonchev–Trinajstić information content (AvgIpc) is 2.55. The van der Waals surface area contributed by atoms with Crippen LogP contribution in [0.4, 0.5) is 17.6 Å². The predicted molar refractivity (Wildman–Crippen MR) is 94.5 cm³/mol. The highest BCUT2D eigenvalue weighted by Crippen LogP contribution is 2.35. The maximum atomic E-state index is 13.6. The standard InChI is InChI=1S/C18H24F4N2.ClH/c1-2-3-4-5-6-17(24-11-9-23-10-12-24)14-7-8-16(19)15(13-14)18(20,21)22;/h2,7-8,13,17,23H,1,3-6,9-12H2;1H/t17-;/m1./s1. The molecule has 7 heteroatoms. The third kappa shape index (κ3) is 6.28. The number of hydrogen-bond donors (Lipinski definition) is 1. The first-order valence-electron chi connectivity index (χ1n) is 8.36. The van der Waals surface area contributed by atoms with Gasteiger partial charge in [0, 0.05) is 32.2 Å². The number of nitrogens with one attached hydrogen (secondary N) is 1. The Labute approximate surface area is 152 Å². The quantitative estimate of drug-likeness (QED) is 0.408. The van der Waals surface area contributed by atoms with Gasteiger partial charge in [0.1, 0.15) is 5.82 Å². The van der Waals surface area contributed by atoms with Crippen molar-refractivity contribution in [1.29, 1.82) is 0 Å². The van der Waals surface area contributed by atoms with Crippen LogP contribution in [-0.4, -0.2) is 31.1 Å². The van der Waals surface area contributed by atoms with E-state index in [0.29, 0.717) is 5.56 Å². The zero-order valence-corrected chi connectivity index (χ0v) is 14.9. The summed E-state index contributed by atoms with van der Waals surface area (Å²) in [6, 6.07) is 3.30. The maximum absolute atomic E-state index is 13.6. The van der Waals surface area contributed by atoms with E-state index in [9.17, 15) is 17.6 Å². The highest BCUT2D eigenvalue weighted by atomic mass is 35.5. The van der Waals surface area contributed by atoms with E-state index in [0.717, 1.165) is 64.0 Å². The van der Waals surface area contributed by atoms with Crippen LogP contribution in [-0.2, 0) is 6.18 Å². The molecule has 1 saturated heterocycles. The van der Waals surface area contributed by atoms with E-state index >= 15 is 0 Å². The molecule has 1 fully saturated rings. The van der Waals surface area contributed by atoms with Crippen LogP contribution in [0.3, 0.4) is 0 Å². The molecule has 2 rings (SSSR count). The zero-order valence-electron chi connectivity index (χ0n) is 14.1. The summed E-state index contributed by atoms with van der Waals surface area (Å²) in [5.74, 6) is -1.21. The Kier molecular flexibility index (Phi) is 8.89. The molecule has 1 N–H and O–H groups in total. The number of unbranched alkanes of at least 4 members (excludes halogenated alkanes) is 2. The van der Waals surface area contributed by atoms with Crippen molar-refractivity contribution in [3.05, 3.63) is 47.8 Å². The van der Waals surface area contributed by atoms with Gasteiger partial charge in [0.15, 0.2) is 0 Å². The number of nitrogens with zero attached hydrogens (tertiary/aromatic N) is 1. The molecule has 142 valence electrons. The molecule has 25 heavy (non-hydrogen) atoms. The van der Waals surface area contributed by atoms with Crippen molar-refractivity contribution in [3.8, 4) is 0 Å². The van der Waals surface area contributed by atoms with Crippen molar-refractivity contribution >= 4 is 12.4 Å². The molecule has 0 aromatic heterocycles. The molecule has 0 bridgehead atoms. The lowest BCUT2D eigenvalue weighted by Crippen LogP contribution is -2.45. The van der Waals surface area contributed by atoms with Crippen molar-refractivity contribution in [3.63, 3.8) is 0 Å². The van der Waals surface area contributed by atoms with Crippen LogP contribution in [0.5, 0.6) is 0 Å². The van der Waals surface area contributed by atoms with Gasteiger partial charge in [-0.1, -0.05) is 18.6 Å². The first-order chi connectivity index (χ1) is 11.4. The number of halogens is 5. The lowest BCUT2D eigenvalue weighted by molar-refractivity contribution is -0.140. The number of benzene rings is 1. The van der Waals surface area contributed by atoms with Crippen LogP contribution in [0, 0.1) is 5.82 Å². The van der Waals surface area contributed by atoms with E-state index in [1.165, 1.54) is 6.07 Å². The largest absolute Gasteiger partial charge is 0.419 e. The maximum Gasteiger partial charge on any atom is 0.419 e. The number of hydrogen-bond acceptors (Lipinski definition) is 2. The van der Waals surface area contributed by atoms with E-state index in [4.69, 9.17) is 0 Å². The van der Waals surface area contributed by atoms with Gasteiger partial charge in [-0.25, -0.2) is 4.39 Å². The Morgan fingerprint density at radius 1 is 1.20 bits per heavy atom. The van der Waals surface area contributed by atoms with Crippen molar-refractivity contribution < 1.29 is 17.6 Å². The number of alkyl halides is 3. The smallest absolute Gasteiger partial charge is 0.314 e. The summed E-state index contributed by atoms with van der Waals surface area (Å²) in [5, 5.41) is 3.25. The topological polar surface area (TPSA) is 15.3 Å². The monoisotopic (exact) mass is 380 g/mol. The molecule has 1 aliphatic rings. The molecule has 0 saturated carbocycles. The van der Waals surface area contributed by atoms with E-state index in [2.05, 4.69) is 16.8 Å². The van der Waals surface area contributed by atoms with Gasteiger partial charge < -0.3 is 5.32 Å². The van der Waals surface area contributed by atoms with E-state index < -0.39 is 17.6 Å². The lowest BCUT2D eigenvalue weighted by atomic mass is 9.96. The number of rotatable bonds is 7. The van der Waals surface area contributed by atoms with Crippen molar-refractivity contribution in [2.45, 2.75) is 37.9 Å². The van der Waals surface area contributed by atoms with Crippen LogP contribution in [0.1, 0.15) is 42.9 Å². The molecule has 0 radical (unpaired) electrons. The molecule has 0 spiro atoms. The second-order valence-electron chi connectivity index (χ2n) is 6.11. The van der Waals surface area contributed by atoms with Crippen molar-refractivity contribution in [1.82, 2.24) is 10.2 Å². The molecule has 1 atom stereocenters. The Balaban J connectivity index is 0.00000312. The minimum Gasteiger partial charge on any atom is -0.314 e. The Bertz CT molecular complexity index is 542. The molecule has 0 unspecified atom stereocenters. The zero-order chi connectivity index (χ0) is 17.6. The van der Waals surface area contributed by atoms with Gasteiger partial charge in [0.05, 0.1) is 5.56 Å². The second-order valence-corrected chi connectivity index (χ2v) is 6.11. The van der Waals surface area contributed by atoms with Gasteiger partial charge in [0.25, 0.3) is 0 Å². The molecule has 1 heterocycles. The third-order valence-electron chi connectivity index (χ3n) is 4.41. The first kappa shape index (κ1) is 21.9. The van der Waals surface area contributed by atoms with Crippen LogP contribution in [0.25, 0.3) is 0 Å². The predicted octanol–water partition coefficient (Wildman–Crippen LogP) is 4.96. The minimum atomic E-state index is -4.67. The van der Waals surface area contributed by atoms with Gasteiger partial charge in [-0.3, -0.25) is 4.90 Å². The fourth-order valence-corrected chi connectivity index (χ4v) is 3.15. The fraction of sp³-hybridized carbons (Fsp3) is 0.556. The van der Waals surface area contributed by atoms with Crippen LogP contribution in [0.2, 0.25) is 0 Å². The second kappa shape index (κ2) is 10.1. The summed E-state index contributed by atoms with van der Waals surface area (Å²) in [6.45, 7) is 6.89. The summed E-state index contributed by atoms with van der Waals surface area (Å²) in [5.41, 5.74) is -0.629. The molecular weight excluding hydrogens is 356 g/mol. The Hall–Kier alpha value is -1.11. The van der Waals surface area contributed by atoms with E-state index in [-0.39, 0.29) is 18.4 Å². The average molecular weight is 381 g/mol. The third-order valence-corrected chi connectivity index (χ3v) is 4.41. The van der Waals surface area contributed by atoms with Crippen molar-refractivity contribution in [2.24, 2.45) is 0 Å². The summed E-state index contributed by atoms with van der Waals surface area (Å²) >= 11 is 0. The molecule has 1 aromatic carbocycles. The van der Waals surface area contributed by atoms with Crippen LogP contribution >= 0.6 is 12.4 Å². The summed E-state index contributed by atoms with van der Waals surface area (Å²) in [7, 11) is 0. The number of piperazine rings is 1. The van der Waals surface area contributed by atoms with Gasteiger partial charge in [-0.2, -0.15) is 13.2 Å². The van der Waals surface area contributed by atoms with Gasteiger partial charge in [-0.05, 0) is 37.0 Å². The normalized spacial score (nSPS) is 17.0. The van der Waals surface area contributed by atoms with Gasteiger partial charge in [-0.15, -0.1) is 19.0 Å². The summed E-state index contributed by atoms with van der Waals surface area (Å²) in [6.07, 6.45) is 0.692. The molecule has 0 amide bonds. The van der Waals surface area contributed by atoms with Crippen molar-refractivity contribution in [2.75, 3.05) is 26.2 Å². The Morgan fingerprint density at radius 3 is 2.48 bits per heavy atom. The van der Waals surface area contributed by atoms with E-state index in [1.807, 2.05) is 6.08 Å². The summed E-state index contributed by atoms with van der Waals surface area (Å²) < 4.78 is 52.6. The number of allylic oxidation sites excluding steroid dienone is 1. The SMILES string of the molecule is C=CCCCC[C@H](c1ccc(F)c(C(F)(F)F)c1)N1CCNCC1.Cl. The molecule has 1 aliphatic heterocycles. The van der Waals surface area contributed by atoms with Gasteiger partial charge >= 0.3 is 6.18 Å². The highest BCUT2D eigenvalue weighted by molar-refractivity contribution is 5.85. The fourth-order valence-electron chi connectivity index (χ4n) is 3.15. The lowest BCUT2D eigenvalue weighted by Gasteiger charge is -2.35. The van der Waals surface area contributed by atoms with Crippen LogP contribution in [0.15, 0.2) is 30.9 Å². The van der Waals surface area contributed by atoms with Crippen LogP contribution < -0.4 is 5.32 Å². The highest BCUT2D eigenvalue weighted by Gasteiger charge is 2.35. The molecule has 1 aromatic rings. The van der Waals surface area contributed by atoms with Gasteiger partial charge in [0.2, 0.25) is 0 Å². The molecule has 2 nitrogen and oxygen atoms in total. The Morgan fingerprint density at radius 2 is 1.88 bits per heavy atom. The summed E-state index contributed by atoms with van der Waals surface area (Å²) in [4.78, 5) is 2.19. The van der Waals surface area contributed by atoms with E-state index in [1.54, 1.807) is 0 Å². The minimum absolute atomic E-state index is 0.